The number of carbonyl (C=O) groups is 1. The van der Waals surface area contributed by atoms with E-state index in [0.717, 1.165) is 21.9 Å². The molecule has 1 unspecified atom stereocenters. The van der Waals surface area contributed by atoms with Crippen molar-refractivity contribution in [2.24, 2.45) is 0 Å². The fourth-order valence-electron chi connectivity index (χ4n) is 3.54. The first-order valence-electron chi connectivity index (χ1n) is 9.65. The molecule has 144 valence electrons. The Kier molecular flexibility index (Phi) is 5.30. The molecule has 0 spiro atoms. The zero-order valence-corrected chi connectivity index (χ0v) is 16.6. The van der Waals surface area contributed by atoms with Gasteiger partial charge in [0.15, 0.2) is 0 Å². The Morgan fingerprint density at radius 3 is 2.03 bits per heavy atom. The van der Waals surface area contributed by atoms with Crippen LogP contribution >= 0.6 is 0 Å². The summed E-state index contributed by atoms with van der Waals surface area (Å²) in [6.45, 7) is 2.06. The van der Waals surface area contributed by atoms with Crippen LogP contribution in [0.15, 0.2) is 91.0 Å². The summed E-state index contributed by atoms with van der Waals surface area (Å²) in [5.74, 6) is 0.402. The number of ether oxygens (including phenoxy) is 1. The number of hydrogen-bond acceptors (Lipinski definition) is 2. The van der Waals surface area contributed by atoms with E-state index in [9.17, 15) is 4.79 Å². The first-order valence-corrected chi connectivity index (χ1v) is 9.65. The number of fused-ring (bicyclic) bond motifs is 1. The van der Waals surface area contributed by atoms with Crippen LogP contribution in [0.1, 0.15) is 33.1 Å². The molecule has 0 saturated carbocycles. The van der Waals surface area contributed by atoms with Crippen molar-refractivity contribution in [2.45, 2.75) is 13.0 Å². The maximum atomic E-state index is 13.3. The molecule has 1 N–H and O–H groups in total. The van der Waals surface area contributed by atoms with Gasteiger partial charge in [0.05, 0.1) is 18.7 Å². The molecule has 0 radical (unpaired) electrons. The smallest absolute Gasteiger partial charge is 0.255 e. The number of aryl methyl sites for hydroxylation is 1. The fraction of sp³-hybridized carbons (Fsp3) is 0.115. The number of hydrogen-bond donors (Lipinski definition) is 1. The first kappa shape index (κ1) is 18.8. The average Bonchev–Trinajstić information content (AvgIpc) is 2.77. The maximum Gasteiger partial charge on any atom is 0.255 e. The van der Waals surface area contributed by atoms with Gasteiger partial charge in [-0.05, 0) is 41.0 Å². The Bertz CT molecular complexity index is 1130. The van der Waals surface area contributed by atoms with Gasteiger partial charge >= 0.3 is 0 Å². The summed E-state index contributed by atoms with van der Waals surface area (Å²) >= 11 is 0. The van der Waals surface area contributed by atoms with Gasteiger partial charge in [-0.15, -0.1) is 0 Å². The SMILES string of the molecule is COc1cc2ccccc2cc1C(=O)NC(c1ccccc1)c1ccc(C)cc1. The minimum absolute atomic E-state index is 0.165. The van der Waals surface area contributed by atoms with Gasteiger partial charge in [-0.1, -0.05) is 84.4 Å². The minimum Gasteiger partial charge on any atom is -0.496 e. The zero-order valence-electron chi connectivity index (χ0n) is 16.6. The van der Waals surface area contributed by atoms with Gasteiger partial charge in [0, 0.05) is 0 Å². The third-order valence-electron chi connectivity index (χ3n) is 5.13. The van der Waals surface area contributed by atoms with Crippen LogP contribution in [0.25, 0.3) is 10.8 Å². The molecule has 0 heterocycles. The van der Waals surface area contributed by atoms with Crippen LogP contribution in [0.5, 0.6) is 5.75 Å². The Morgan fingerprint density at radius 2 is 1.38 bits per heavy atom. The van der Waals surface area contributed by atoms with Crippen molar-refractivity contribution in [2.75, 3.05) is 7.11 Å². The van der Waals surface area contributed by atoms with E-state index in [4.69, 9.17) is 4.74 Å². The molecule has 0 aliphatic heterocycles. The monoisotopic (exact) mass is 381 g/mol. The fourth-order valence-corrected chi connectivity index (χ4v) is 3.54. The second-order valence-electron chi connectivity index (χ2n) is 7.13. The first-order chi connectivity index (χ1) is 14.2. The average molecular weight is 381 g/mol. The van der Waals surface area contributed by atoms with Gasteiger partial charge in [-0.3, -0.25) is 4.79 Å². The molecule has 0 fully saturated rings. The van der Waals surface area contributed by atoms with E-state index in [2.05, 4.69) is 36.5 Å². The molecule has 4 rings (SSSR count). The van der Waals surface area contributed by atoms with Gasteiger partial charge in [0.1, 0.15) is 5.75 Å². The van der Waals surface area contributed by atoms with Crippen molar-refractivity contribution in [1.82, 2.24) is 5.32 Å². The largest absolute Gasteiger partial charge is 0.496 e. The molecule has 4 aromatic rings. The summed E-state index contributed by atoms with van der Waals surface area (Å²) in [7, 11) is 1.59. The van der Waals surface area contributed by atoms with E-state index >= 15 is 0 Å². The van der Waals surface area contributed by atoms with E-state index < -0.39 is 0 Å². The third-order valence-corrected chi connectivity index (χ3v) is 5.13. The molecular formula is C26H23NO2. The lowest BCUT2D eigenvalue weighted by Crippen LogP contribution is -2.29. The quantitative estimate of drug-likeness (QED) is 0.483. The van der Waals surface area contributed by atoms with Crippen LogP contribution in [-0.4, -0.2) is 13.0 Å². The molecule has 0 aromatic heterocycles. The summed E-state index contributed by atoms with van der Waals surface area (Å²) in [6.07, 6.45) is 0. The van der Waals surface area contributed by atoms with Crippen molar-refractivity contribution < 1.29 is 9.53 Å². The second-order valence-corrected chi connectivity index (χ2v) is 7.13. The van der Waals surface area contributed by atoms with Gasteiger partial charge in [0.25, 0.3) is 5.91 Å². The van der Waals surface area contributed by atoms with Gasteiger partial charge in [-0.2, -0.15) is 0 Å². The predicted octanol–water partition coefficient (Wildman–Crippen LogP) is 5.68. The molecule has 3 heteroatoms. The van der Waals surface area contributed by atoms with E-state index in [1.165, 1.54) is 5.56 Å². The molecule has 1 amide bonds. The lowest BCUT2D eigenvalue weighted by molar-refractivity contribution is 0.0940. The standard InChI is InChI=1S/C26H23NO2/c1-18-12-14-20(15-13-18)25(19-8-4-3-5-9-19)27-26(28)23-16-21-10-6-7-11-22(21)17-24(23)29-2/h3-17,25H,1-2H3,(H,27,28). The number of amides is 1. The van der Waals surface area contributed by atoms with E-state index in [-0.39, 0.29) is 11.9 Å². The lowest BCUT2D eigenvalue weighted by Gasteiger charge is -2.21. The molecule has 0 aliphatic carbocycles. The highest BCUT2D eigenvalue weighted by Gasteiger charge is 2.20. The predicted molar refractivity (Wildman–Crippen MR) is 117 cm³/mol. The topological polar surface area (TPSA) is 38.3 Å². The molecule has 0 bridgehead atoms. The number of methoxy groups -OCH3 is 1. The van der Waals surface area contributed by atoms with E-state index in [1.54, 1.807) is 7.11 Å². The van der Waals surface area contributed by atoms with Crippen LogP contribution in [0.3, 0.4) is 0 Å². The number of benzene rings is 4. The van der Waals surface area contributed by atoms with Gasteiger partial charge in [0.2, 0.25) is 0 Å². The van der Waals surface area contributed by atoms with E-state index in [0.29, 0.717) is 11.3 Å². The summed E-state index contributed by atoms with van der Waals surface area (Å²) in [5.41, 5.74) is 3.78. The Labute approximate surface area is 171 Å². The third kappa shape index (κ3) is 3.99. The van der Waals surface area contributed by atoms with Crippen LogP contribution in [0.4, 0.5) is 0 Å². The van der Waals surface area contributed by atoms with Crippen LogP contribution in [-0.2, 0) is 0 Å². The molecule has 3 nitrogen and oxygen atoms in total. The molecule has 0 aliphatic rings. The maximum absolute atomic E-state index is 13.3. The van der Waals surface area contributed by atoms with Crippen molar-refractivity contribution >= 4 is 16.7 Å². The number of rotatable bonds is 5. The number of nitrogens with one attached hydrogen (secondary N) is 1. The van der Waals surface area contributed by atoms with E-state index in [1.807, 2.05) is 66.7 Å². The zero-order chi connectivity index (χ0) is 20.2. The van der Waals surface area contributed by atoms with Crippen molar-refractivity contribution in [3.63, 3.8) is 0 Å². The van der Waals surface area contributed by atoms with Crippen molar-refractivity contribution in [3.05, 3.63) is 113 Å². The Balaban J connectivity index is 1.73. The molecule has 4 aromatic carbocycles. The minimum atomic E-state index is -0.250. The highest BCUT2D eigenvalue weighted by Crippen LogP contribution is 2.28. The van der Waals surface area contributed by atoms with Crippen LogP contribution in [0.2, 0.25) is 0 Å². The normalized spacial score (nSPS) is 11.8. The van der Waals surface area contributed by atoms with Crippen molar-refractivity contribution in [1.29, 1.82) is 0 Å². The highest BCUT2D eigenvalue weighted by atomic mass is 16.5. The lowest BCUT2D eigenvalue weighted by atomic mass is 9.97. The molecule has 0 saturated heterocycles. The van der Waals surface area contributed by atoms with Gasteiger partial charge in [-0.25, -0.2) is 0 Å². The summed E-state index contributed by atoms with van der Waals surface area (Å²) in [6, 6.07) is 29.8. The van der Waals surface area contributed by atoms with Crippen molar-refractivity contribution in [3.8, 4) is 5.75 Å². The van der Waals surface area contributed by atoms with Crippen LogP contribution < -0.4 is 10.1 Å². The molecule has 29 heavy (non-hydrogen) atoms. The summed E-state index contributed by atoms with van der Waals surface area (Å²) < 4.78 is 5.52. The molecular weight excluding hydrogens is 358 g/mol. The number of carbonyl (C=O) groups excluding carboxylic acids is 1. The summed E-state index contributed by atoms with van der Waals surface area (Å²) in [4.78, 5) is 13.3. The molecule has 1 atom stereocenters. The second kappa shape index (κ2) is 8.19. The summed E-state index contributed by atoms with van der Waals surface area (Å²) in [5, 5.41) is 5.25. The Hall–Kier alpha value is -3.59. The van der Waals surface area contributed by atoms with Gasteiger partial charge < -0.3 is 10.1 Å². The highest BCUT2D eigenvalue weighted by molar-refractivity contribution is 6.02. The van der Waals surface area contributed by atoms with Crippen LogP contribution in [0, 0.1) is 6.92 Å². The Morgan fingerprint density at radius 1 is 0.793 bits per heavy atom.